The Morgan fingerprint density at radius 3 is 2.33 bits per heavy atom. The zero-order chi connectivity index (χ0) is 15.7. The van der Waals surface area contributed by atoms with Crippen LogP contribution in [0.1, 0.15) is 24.3 Å². The van der Waals surface area contributed by atoms with Gasteiger partial charge in [-0.05, 0) is 30.2 Å². The van der Waals surface area contributed by atoms with Crippen LogP contribution in [0.25, 0.3) is 0 Å². The minimum Gasteiger partial charge on any atom is -0.497 e. The van der Waals surface area contributed by atoms with Crippen molar-refractivity contribution in [2.24, 2.45) is 0 Å². The Balaban J connectivity index is 2.12. The molecule has 0 amide bonds. The lowest BCUT2D eigenvalue weighted by molar-refractivity contribution is -0.0522. The minimum absolute atomic E-state index is 0.145. The van der Waals surface area contributed by atoms with Gasteiger partial charge in [-0.15, -0.1) is 0 Å². The standard InChI is InChI=1S/C13H13F3O4S/c1-19-11-5-2-9(3-6-11)10-4-7-12(8-10)20-21(17,18)13(14,15)16/h2-3,5-6,8,10H,4,7H2,1H3/t10-/m0/s1. The van der Waals surface area contributed by atoms with E-state index in [-0.39, 0.29) is 18.1 Å². The second kappa shape index (κ2) is 5.59. The number of allylic oxidation sites excluding steroid dienone is 2. The van der Waals surface area contributed by atoms with Gasteiger partial charge in [-0.3, -0.25) is 0 Å². The summed E-state index contributed by atoms with van der Waals surface area (Å²) in [4.78, 5) is 0. The fourth-order valence-electron chi connectivity index (χ4n) is 2.06. The summed E-state index contributed by atoms with van der Waals surface area (Å²) in [5, 5.41) is 0. The van der Waals surface area contributed by atoms with Crippen molar-refractivity contribution in [3.8, 4) is 5.75 Å². The van der Waals surface area contributed by atoms with E-state index in [9.17, 15) is 21.6 Å². The average Bonchev–Trinajstić information content (AvgIpc) is 2.85. The van der Waals surface area contributed by atoms with Crippen LogP contribution in [0, 0.1) is 0 Å². The fraction of sp³-hybridized carbons (Fsp3) is 0.385. The first-order chi connectivity index (χ1) is 9.73. The molecule has 4 nitrogen and oxygen atoms in total. The highest BCUT2D eigenvalue weighted by atomic mass is 32.2. The molecule has 1 aliphatic rings. The van der Waals surface area contributed by atoms with E-state index in [4.69, 9.17) is 4.74 Å². The first kappa shape index (κ1) is 15.7. The van der Waals surface area contributed by atoms with Gasteiger partial charge in [-0.1, -0.05) is 12.1 Å². The third kappa shape index (κ3) is 3.49. The topological polar surface area (TPSA) is 52.6 Å². The summed E-state index contributed by atoms with van der Waals surface area (Å²) in [5.74, 6) is 0.319. The summed E-state index contributed by atoms with van der Waals surface area (Å²) in [6.45, 7) is 0. The third-order valence-electron chi connectivity index (χ3n) is 3.13. The smallest absolute Gasteiger partial charge is 0.497 e. The SMILES string of the molecule is COc1ccc([C@@H]2C=C(OS(=O)(=O)C(F)(F)F)CC2)cc1. The van der Waals surface area contributed by atoms with E-state index >= 15 is 0 Å². The number of methoxy groups -OCH3 is 1. The molecule has 0 saturated carbocycles. The van der Waals surface area contributed by atoms with Gasteiger partial charge in [-0.25, -0.2) is 0 Å². The molecule has 2 rings (SSSR count). The summed E-state index contributed by atoms with van der Waals surface area (Å²) in [6.07, 6.45) is 2.05. The minimum atomic E-state index is -5.59. The summed E-state index contributed by atoms with van der Waals surface area (Å²) in [5.41, 5.74) is -4.55. The molecule has 0 radical (unpaired) electrons. The molecule has 0 bridgehead atoms. The fourth-order valence-corrected chi connectivity index (χ4v) is 2.58. The zero-order valence-electron chi connectivity index (χ0n) is 11.1. The Kier molecular flexibility index (Phi) is 4.18. The van der Waals surface area contributed by atoms with Crippen LogP contribution < -0.4 is 4.74 Å². The molecular weight excluding hydrogens is 309 g/mol. The molecule has 1 aromatic rings. The van der Waals surface area contributed by atoms with Gasteiger partial charge in [0, 0.05) is 12.3 Å². The van der Waals surface area contributed by atoms with E-state index < -0.39 is 15.6 Å². The Labute approximate surface area is 120 Å². The Morgan fingerprint density at radius 2 is 1.81 bits per heavy atom. The summed E-state index contributed by atoms with van der Waals surface area (Å²) in [6, 6.07) is 7.02. The molecule has 116 valence electrons. The van der Waals surface area contributed by atoms with Crippen LogP contribution in [-0.4, -0.2) is 21.0 Å². The highest BCUT2D eigenvalue weighted by Crippen LogP contribution is 2.36. The van der Waals surface area contributed by atoms with Crippen molar-refractivity contribution >= 4 is 10.1 Å². The molecule has 21 heavy (non-hydrogen) atoms. The summed E-state index contributed by atoms with van der Waals surface area (Å²) < 4.78 is 67.7. The quantitative estimate of drug-likeness (QED) is 0.630. The summed E-state index contributed by atoms with van der Waals surface area (Å²) >= 11 is 0. The third-order valence-corrected chi connectivity index (χ3v) is 4.13. The van der Waals surface area contributed by atoms with Crippen LogP contribution >= 0.6 is 0 Å². The second-order valence-electron chi connectivity index (χ2n) is 4.53. The van der Waals surface area contributed by atoms with Crippen LogP contribution in [0.4, 0.5) is 13.2 Å². The van der Waals surface area contributed by atoms with Crippen LogP contribution in [0.15, 0.2) is 36.1 Å². The molecule has 0 aromatic heterocycles. The van der Waals surface area contributed by atoms with Gasteiger partial charge in [0.05, 0.1) is 7.11 Å². The largest absolute Gasteiger partial charge is 0.534 e. The molecule has 0 saturated heterocycles. The number of benzene rings is 1. The Bertz CT molecular complexity index is 632. The van der Waals surface area contributed by atoms with Crippen molar-refractivity contribution in [1.29, 1.82) is 0 Å². The predicted octanol–water partition coefficient (Wildman–Crippen LogP) is 3.32. The van der Waals surface area contributed by atoms with Gasteiger partial charge in [0.2, 0.25) is 0 Å². The van der Waals surface area contributed by atoms with E-state index in [1.807, 2.05) is 0 Å². The highest BCUT2D eigenvalue weighted by molar-refractivity contribution is 7.87. The van der Waals surface area contributed by atoms with E-state index in [1.54, 1.807) is 24.3 Å². The molecule has 0 fully saturated rings. The molecule has 8 heteroatoms. The first-order valence-corrected chi connectivity index (χ1v) is 7.49. The number of rotatable bonds is 4. The monoisotopic (exact) mass is 322 g/mol. The zero-order valence-corrected chi connectivity index (χ0v) is 11.9. The second-order valence-corrected chi connectivity index (χ2v) is 6.07. The lowest BCUT2D eigenvalue weighted by Gasteiger charge is -2.09. The van der Waals surface area contributed by atoms with Crippen molar-refractivity contribution in [2.45, 2.75) is 24.3 Å². The lowest BCUT2D eigenvalue weighted by atomic mass is 9.99. The van der Waals surface area contributed by atoms with Crippen LogP contribution in [-0.2, 0) is 14.3 Å². The predicted molar refractivity (Wildman–Crippen MR) is 69.1 cm³/mol. The Hall–Kier alpha value is -1.70. The van der Waals surface area contributed by atoms with Crippen molar-refractivity contribution in [1.82, 2.24) is 0 Å². The van der Waals surface area contributed by atoms with Crippen LogP contribution in [0.3, 0.4) is 0 Å². The molecule has 0 spiro atoms. The maximum absolute atomic E-state index is 12.2. The van der Waals surface area contributed by atoms with E-state index in [0.29, 0.717) is 12.2 Å². The molecule has 0 unspecified atom stereocenters. The van der Waals surface area contributed by atoms with Gasteiger partial charge in [0.15, 0.2) is 0 Å². The number of hydrogen-bond donors (Lipinski definition) is 0. The average molecular weight is 322 g/mol. The molecule has 1 aliphatic carbocycles. The van der Waals surface area contributed by atoms with E-state index in [2.05, 4.69) is 4.18 Å². The van der Waals surface area contributed by atoms with Crippen molar-refractivity contribution in [3.63, 3.8) is 0 Å². The van der Waals surface area contributed by atoms with Gasteiger partial charge >= 0.3 is 15.6 Å². The number of hydrogen-bond acceptors (Lipinski definition) is 4. The van der Waals surface area contributed by atoms with E-state index in [1.165, 1.54) is 13.2 Å². The molecule has 1 atom stereocenters. The van der Waals surface area contributed by atoms with Crippen LogP contribution in [0.2, 0.25) is 0 Å². The van der Waals surface area contributed by atoms with Gasteiger partial charge < -0.3 is 8.92 Å². The lowest BCUT2D eigenvalue weighted by Crippen LogP contribution is -2.25. The highest BCUT2D eigenvalue weighted by Gasteiger charge is 2.49. The van der Waals surface area contributed by atoms with Crippen molar-refractivity contribution in [2.75, 3.05) is 7.11 Å². The molecule has 0 heterocycles. The van der Waals surface area contributed by atoms with Crippen molar-refractivity contribution in [3.05, 3.63) is 41.7 Å². The van der Waals surface area contributed by atoms with Gasteiger partial charge in [-0.2, -0.15) is 21.6 Å². The molecule has 1 aromatic carbocycles. The Morgan fingerprint density at radius 1 is 1.19 bits per heavy atom. The molecular formula is C13H13F3O4S. The molecule has 0 N–H and O–H groups in total. The normalized spacial score (nSPS) is 19.2. The van der Waals surface area contributed by atoms with E-state index in [0.717, 1.165) is 5.56 Å². The first-order valence-electron chi connectivity index (χ1n) is 6.08. The van der Waals surface area contributed by atoms with Crippen LogP contribution in [0.5, 0.6) is 5.75 Å². The van der Waals surface area contributed by atoms with Gasteiger partial charge in [0.25, 0.3) is 0 Å². The van der Waals surface area contributed by atoms with Crippen molar-refractivity contribution < 1.29 is 30.5 Å². The maximum Gasteiger partial charge on any atom is 0.534 e. The number of ether oxygens (including phenoxy) is 1. The number of halogens is 3. The van der Waals surface area contributed by atoms with Gasteiger partial charge in [0.1, 0.15) is 11.5 Å². The molecule has 0 aliphatic heterocycles. The summed E-state index contributed by atoms with van der Waals surface area (Å²) in [7, 11) is -4.06. The maximum atomic E-state index is 12.2. The number of alkyl halides is 3.